The van der Waals surface area contributed by atoms with Crippen LogP contribution >= 0.6 is 0 Å². The lowest BCUT2D eigenvalue weighted by Crippen LogP contribution is -2.41. The highest BCUT2D eigenvalue weighted by Gasteiger charge is 2.21. The van der Waals surface area contributed by atoms with E-state index >= 15 is 0 Å². The first-order valence-electron chi connectivity index (χ1n) is 6.41. The highest BCUT2D eigenvalue weighted by atomic mass is 16.5. The monoisotopic (exact) mass is 262 g/mol. The van der Waals surface area contributed by atoms with Crippen LogP contribution in [0.4, 0.5) is 5.69 Å². The van der Waals surface area contributed by atoms with Gasteiger partial charge in [0, 0.05) is 17.8 Å². The fourth-order valence-electron chi connectivity index (χ4n) is 2.16. The first-order valence-corrected chi connectivity index (χ1v) is 6.41. The van der Waals surface area contributed by atoms with Crippen molar-refractivity contribution in [2.45, 2.75) is 25.8 Å². The van der Waals surface area contributed by atoms with E-state index in [-0.39, 0.29) is 5.91 Å². The van der Waals surface area contributed by atoms with Crippen molar-refractivity contribution in [3.05, 3.63) is 29.3 Å². The number of nitrogens with one attached hydrogen (secondary N) is 2. The van der Waals surface area contributed by atoms with E-state index in [9.17, 15) is 9.59 Å². The zero-order valence-electron chi connectivity index (χ0n) is 11.2. The van der Waals surface area contributed by atoms with Gasteiger partial charge in [-0.2, -0.15) is 0 Å². The first-order chi connectivity index (χ1) is 9.15. The van der Waals surface area contributed by atoms with E-state index in [1.807, 2.05) is 19.1 Å². The van der Waals surface area contributed by atoms with Crippen molar-refractivity contribution < 1.29 is 14.3 Å². The molecule has 1 unspecified atom stereocenters. The molecule has 0 radical (unpaired) electrons. The first kappa shape index (κ1) is 13.4. The summed E-state index contributed by atoms with van der Waals surface area (Å²) in [5.74, 6) is -0.661. The smallest absolute Gasteiger partial charge is 0.328 e. The van der Waals surface area contributed by atoms with Crippen molar-refractivity contribution in [1.29, 1.82) is 0 Å². The quantitative estimate of drug-likeness (QED) is 0.803. The van der Waals surface area contributed by atoms with Gasteiger partial charge in [-0.25, -0.2) is 4.79 Å². The molecule has 1 aromatic rings. The van der Waals surface area contributed by atoms with E-state index in [1.165, 1.54) is 7.11 Å². The van der Waals surface area contributed by atoms with Gasteiger partial charge in [0.05, 0.1) is 7.11 Å². The van der Waals surface area contributed by atoms with Crippen LogP contribution in [0.15, 0.2) is 18.2 Å². The minimum atomic E-state index is -0.594. The molecule has 1 heterocycles. The average Bonchev–Trinajstić information content (AvgIpc) is 2.90. The van der Waals surface area contributed by atoms with Gasteiger partial charge in [-0.3, -0.25) is 4.79 Å². The summed E-state index contributed by atoms with van der Waals surface area (Å²) in [5.41, 5.74) is 2.79. The number of carbonyl (C=O) groups excluding carboxylic acids is 2. The Kier molecular flexibility index (Phi) is 4.04. The lowest BCUT2D eigenvalue weighted by molar-refractivity contribution is -0.142. The molecule has 5 nitrogen and oxygen atoms in total. The van der Waals surface area contributed by atoms with Gasteiger partial charge in [0.25, 0.3) is 5.91 Å². The summed E-state index contributed by atoms with van der Waals surface area (Å²) in [6, 6.07) is 4.94. The zero-order chi connectivity index (χ0) is 13.8. The van der Waals surface area contributed by atoms with Crippen LogP contribution in [0.1, 0.15) is 29.3 Å². The van der Waals surface area contributed by atoms with Crippen molar-refractivity contribution in [2.75, 3.05) is 19.0 Å². The Labute approximate surface area is 112 Å². The van der Waals surface area contributed by atoms with Gasteiger partial charge in [0.1, 0.15) is 6.04 Å². The largest absolute Gasteiger partial charge is 0.467 e. The summed E-state index contributed by atoms with van der Waals surface area (Å²) in [4.78, 5) is 23.5. The number of anilines is 1. The molecule has 0 aromatic heterocycles. The normalized spacial score (nSPS) is 14.2. The number of fused-ring (bicyclic) bond motifs is 1. The summed E-state index contributed by atoms with van der Waals surface area (Å²) in [6.45, 7) is 2.73. The van der Waals surface area contributed by atoms with Gasteiger partial charge in [-0.1, -0.05) is 6.92 Å². The number of benzene rings is 1. The molecule has 1 aliphatic rings. The van der Waals surface area contributed by atoms with E-state index in [1.54, 1.807) is 6.07 Å². The number of hydrogen-bond donors (Lipinski definition) is 2. The number of rotatable bonds is 4. The second-order valence-electron chi connectivity index (χ2n) is 4.51. The average molecular weight is 262 g/mol. The van der Waals surface area contributed by atoms with Crippen LogP contribution in [-0.4, -0.2) is 31.6 Å². The Hall–Kier alpha value is -2.04. The van der Waals surface area contributed by atoms with Crippen LogP contribution < -0.4 is 10.6 Å². The third kappa shape index (κ3) is 2.86. The summed E-state index contributed by atoms with van der Waals surface area (Å²) in [6.07, 6.45) is 1.43. The molecule has 1 amide bonds. The van der Waals surface area contributed by atoms with Gasteiger partial charge in [0.2, 0.25) is 0 Å². The molecule has 0 spiro atoms. The van der Waals surface area contributed by atoms with E-state index in [4.69, 9.17) is 0 Å². The molecule has 102 valence electrons. The predicted octanol–water partition coefficient (Wildman–Crippen LogP) is 1.34. The molecular formula is C14H18N2O3. The third-order valence-electron chi connectivity index (χ3n) is 3.28. The van der Waals surface area contributed by atoms with Crippen molar-refractivity contribution in [1.82, 2.24) is 5.32 Å². The minimum Gasteiger partial charge on any atom is -0.467 e. The molecular weight excluding hydrogens is 244 g/mol. The molecule has 0 bridgehead atoms. The standard InChI is InChI=1S/C14H18N2O3/c1-3-11(14(18)19-2)16-13(17)10-4-5-12-9(8-10)6-7-15-12/h4-5,8,11,15H,3,6-7H2,1-2H3,(H,16,17). The Balaban J connectivity index is 2.09. The number of methoxy groups -OCH3 is 1. The Morgan fingerprint density at radius 3 is 2.95 bits per heavy atom. The van der Waals surface area contributed by atoms with Gasteiger partial charge in [-0.15, -0.1) is 0 Å². The summed E-state index contributed by atoms with van der Waals surface area (Å²) in [5, 5.41) is 5.93. The van der Waals surface area contributed by atoms with E-state index in [2.05, 4.69) is 15.4 Å². The number of esters is 1. The molecule has 19 heavy (non-hydrogen) atoms. The Morgan fingerprint density at radius 1 is 1.47 bits per heavy atom. The van der Waals surface area contributed by atoms with Gasteiger partial charge in [-0.05, 0) is 36.6 Å². The molecule has 0 saturated heterocycles. The van der Waals surface area contributed by atoms with Crippen LogP contribution in [0.2, 0.25) is 0 Å². The summed E-state index contributed by atoms with van der Waals surface area (Å²) < 4.78 is 4.65. The second-order valence-corrected chi connectivity index (χ2v) is 4.51. The van der Waals surface area contributed by atoms with Crippen molar-refractivity contribution in [2.24, 2.45) is 0 Å². The van der Waals surface area contributed by atoms with E-state index in [0.29, 0.717) is 12.0 Å². The number of ether oxygens (including phenoxy) is 1. The Morgan fingerprint density at radius 2 is 2.26 bits per heavy atom. The second kappa shape index (κ2) is 5.73. The number of amides is 1. The summed E-state index contributed by atoms with van der Waals surface area (Å²) in [7, 11) is 1.32. The maximum Gasteiger partial charge on any atom is 0.328 e. The minimum absolute atomic E-state index is 0.244. The molecule has 0 fully saturated rings. The molecule has 1 aliphatic heterocycles. The van der Waals surface area contributed by atoms with Gasteiger partial charge < -0.3 is 15.4 Å². The number of carbonyl (C=O) groups is 2. The maximum absolute atomic E-state index is 12.1. The van der Waals surface area contributed by atoms with Gasteiger partial charge in [0.15, 0.2) is 0 Å². The highest BCUT2D eigenvalue weighted by Crippen LogP contribution is 2.22. The topological polar surface area (TPSA) is 67.4 Å². The van der Waals surface area contributed by atoms with E-state index in [0.717, 1.165) is 24.2 Å². The van der Waals surface area contributed by atoms with Crippen molar-refractivity contribution >= 4 is 17.6 Å². The molecule has 5 heteroatoms. The molecule has 1 aromatic carbocycles. The van der Waals surface area contributed by atoms with Crippen LogP contribution in [0, 0.1) is 0 Å². The SMILES string of the molecule is CCC(NC(=O)c1ccc2c(c1)CCN2)C(=O)OC. The van der Waals surface area contributed by atoms with Crippen LogP contribution in [0.3, 0.4) is 0 Å². The Bertz CT molecular complexity index is 499. The highest BCUT2D eigenvalue weighted by molar-refractivity contribution is 5.97. The fourth-order valence-corrected chi connectivity index (χ4v) is 2.16. The lowest BCUT2D eigenvalue weighted by atomic mass is 10.1. The van der Waals surface area contributed by atoms with Crippen molar-refractivity contribution in [3.63, 3.8) is 0 Å². The maximum atomic E-state index is 12.1. The molecule has 0 aliphatic carbocycles. The molecule has 0 saturated carbocycles. The predicted molar refractivity (Wildman–Crippen MR) is 72.2 cm³/mol. The van der Waals surface area contributed by atoms with E-state index < -0.39 is 12.0 Å². The summed E-state index contributed by atoms with van der Waals surface area (Å²) >= 11 is 0. The van der Waals surface area contributed by atoms with Crippen molar-refractivity contribution in [3.8, 4) is 0 Å². The zero-order valence-corrected chi connectivity index (χ0v) is 11.2. The van der Waals surface area contributed by atoms with Gasteiger partial charge >= 0.3 is 5.97 Å². The van der Waals surface area contributed by atoms with Crippen LogP contribution in [-0.2, 0) is 16.0 Å². The number of hydrogen-bond acceptors (Lipinski definition) is 4. The molecule has 2 rings (SSSR count). The van der Waals surface area contributed by atoms with Crippen LogP contribution in [0.5, 0.6) is 0 Å². The lowest BCUT2D eigenvalue weighted by Gasteiger charge is -2.14. The molecule has 2 N–H and O–H groups in total. The van der Waals surface area contributed by atoms with Crippen LogP contribution in [0.25, 0.3) is 0 Å². The fraction of sp³-hybridized carbons (Fsp3) is 0.429. The molecule has 1 atom stereocenters. The third-order valence-corrected chi connectivity index (χ3v) is 3.28.